The van der Waals surface area contributed by atoms with Crippen molar-refractivity contribution >= 4 is 22.9 Å². The number of benzene rings is 2. The molecular formula is C20H19F3N2OS. The van der Waals surface area contributed by atoms with E-state index < -0.39 is 6.36 Å². The molecule has 1 atom stereocenters. The Bertz CT molecular complexity index is 950. The molecule has 0 radical (unpaired) electrons. The summed E-state index contributed by atoms with van der Waals surface area (Å²) in [5.41, 5.74) is 4.98. The lowest BCUT2D eigenvalue weighted by atomic mass is 9.92. The van der Waals surface area contributed by atoms with Gasteiger partial charge in [0.25, 0.3) is 0 Å². The van der Waals surface area contributed by atoms with Crippen LogP contribution in [0.15, 0.2) is 47.4 Å². The van der Waals surface area contributed by atoms with E-state index in [4.69, 9.17) is 0 Å². The fourth-order valence-electron chi connectivity index (χ4n) is 3.54. The minimum absolute atomic E-state index is 0.178. The zero-order valence-electron chi connectivity index (χ0n) is 14.7. The van der Waals surface area contributed by atoms with Gasteiger partial charge in [0.15, 0.2) is 0 Å². The van der Waals surface area contributed by atoms with Crippen LogP contribution >= 0.6 is 11.9 Å². The van der Waals surface area contributed by atoms with Crippen molar-refractivity contribution in [2.24, 2.45) is 0 Å². The minimum atomic E-state index is -4.67. The second-order valence-corrected chi connectivity index (χ2v) is 7.66. The van der Waals surface area contributed by atoms with E-state index in [0.29, 0.717) is 0 Å². The number of nitrogens with one attached hydrogen (secondary N) is 2. The van der Waals surface area contributed by atoms with Crippen molar-refractivity contribution in [3.8, 4) is 5.75 Å². The molecule has 3 aromatic rings. The summed E-state index contributed by atoms with van der Waals surface area (Å²) in [6, 6.07) is 12.5. The second kappa shape index (κ2) is 7.13. The second-order valence-electron chi connectivity index (χ2n) is 6.75. The molecule has 2 N–H and O–H groups in total. The van der Waals surface area contributed by atoms with Crippen molar-refractivity contribution in [3.05, 3.63) is 59.3 Å². The molecule has 0 bridgehead atoms. The highest BCUT2D eigenvalue weighted by Gasteiger charge is 2.31. The molecule has 1 aliphatic carbocycles. The van der Waals surface area contributed by atoms with E-state index in [2.05, 4.69) is 39.6 Å². The molecule has 7 heteroatoms. The van der Waals surface area contributed by atoms with E-state index in [9.17, 15) is 13.2 Å². The van der Waals surface area contributed by atoms with Gasteiger partial charge in [0.1, 0.15) is 5.75 Å². The fourth-order valence-corrected chi connectivity index (χ4v) is 4.33. The van der Waals surface area contributed by atoms with Crippen LogP contribution in [-0.4, -0.2) is 11.3 Å². The summed E-state index contributed by atoms with van der Waals surface area (Å²) in [6.45, 7) is 2.10. The van der Waals surface area contributed by atoms with Gasteiger partial charge in [-0.05, 0) is 80.1 Å². The molecule has 1 heterocycles. The molecule has 1 aliphatic rings. The number of aromatic nitrogens is 1. The average Bonchev–Trinajstić information content (AvgIpc) is 2.98. The van der Waals surface area contributed by atoms with Gasteiger partial charge in [-0.15, -0.1) is 13.2 Å². The highest BCUT2D eigenvalue weighted by Crippen LogP contribution is 2.37. The maximum Gasteiger partial charge on any atom is 0.573 e. The van der Waals surface area contributed by atoms with Gasteiger partial charge in [-0.3, -0.25) is 4.72 Å². The van der Waals surface area contributed by atoms with Crippen LogP contribution in [0, 0.1) is 6.92 Å². The zero-order chi connectivity index (χ0) is 19.0. The topological polar surface area (TPSA) is 37.0 Å². The summed E-state index contributed by atoms with van der Waals surface area (Å²) in [5.74, 6) is -0.210. The summed E-state index contributed by atoms with van der Waals surface area (Å²) in [6.07, 6.45) is -1.49. The van der Waals surface area contributed by atoms with Gasteiger partial charge in [0, 0.05) is 21.5 Å². The predicted molar refractivity (Wildman–Crippen MR) is 101 cm³/mol. The Morgan fingerprint density at radius 2 is 1.93 bits per heavy atom. The number of ether oxygens (including phenoxy) is 1. The zero-order valence-corrected chi connectivity index (χ0v) is 15.5. The van der Waals surface area contributed by atoms with E-state index in [0.717, 1.165) is 29.7 Å². The molecule has 4 rings (SSSR count). The summed E-state index contributed by atoms with van der Waals surface area (Å²) in [7, 11) is 0. The molecule has 0 aliphatic heterocycles. The van der Waals surface area contributed by atoms with Gasteiger partial charge in [-0.1, -0.05) is 11.6 Å². The molecular weight excluding hydrogens is 373 g/mol. The molecule has 0 fully saturated rings. The highest BCUT2D eigenvalue weighted by atomic mass is 32.2. The van der Waals surface area contributed by atoms with Crippen molar-refractivity contribution in [2.45, 2.75) is 43.5 Å². The molecule has 27 heavy (non-hydrogen) atoms. The number of fused-ring (bicyclic) bond motifs is 3. The average molecular weight is 392 g/mol. The molecule has 3 nitrogen and oxygen atoms in total. The van der Waals surface area contributed by atoms with Crippen LogP contribution in [-0.2, 0) is 6.42 Å². The summed E-state index contributed by atoms with van der Waals surface area (Å²) >= 11 is 1.42. The van der Waals surface area contributed by atoms with Crippen LogP contribution in [0.3, 0.4) is 0 Å². The first-order valence-electron chi connectivity index (χ1n) is 8.78. The molecule has 0 amide bonds. The van der Waals surface area contributed by atoms with Crippen LogP contribution in [0.4, 0.5) is 13.2 Å². The van der Waals surface area contributed by atoms with Crippen molar-refractivity contribution in [2.75, 3.05) is 0 Å². The van der Waals surface area contributed by atoms with E-state index >= 15 is 0 Å². The van der Waals surface area contributed by atoms with Gasteiger partial charge in [-0.25, -0.2) is 0 Å². The summed E-state index contributed by atoms with van der Waals surface area (Å²) in [4.78, 5) is 4.38. The highest BCUT2D eigenvalue weighted by molar-refractivity contribution is 7.97. The van der Waals surface area contributed by atoms with Crippen molar-refractivity contribution in [1.82, 2.24) is 9.71 Å². The lowest BCUT2D eigenvalue weighted by molar-refractivity contribution is -0.274. The molecule has 0 saturated heterocycles. The van der Waals surface area contributed by atoms with Crippen molar-refractivity contribution < 1.29 is 17.9 Å². The molecule has 0 saturated carbocycles. The van der Waals surface area contributed by atoms with Crippen LogP contribution in [0.5, 0.6) is 5.75 Å². The first kappa shape index (κ1) is 18.3. The molecule has 1 aromatic heterocycles. The Morgan fingerprint density at radius 3 is 2.67 bits per heavy atom. The van der Waals surface area contributed by atoms with Crippen LogP contribution in [0.25, 0.3) is 10.9 Å². The number of aromatic amines is 1. The molecule has 1 unspecified atom stereocenters. The number of halogens is 3. The minimum Gasteiger partial charge on any atom is -0.406 e. The first-order chi connectivity index (χ1) is 12.9. The summed E-state index contributed by atoms with van der Waals surface area (Å²) < 4.78 is 44.1. The Hall–Kier alpha value is -2.12. The summed E-state index contributed by atoms with van der Waals surface area (Å²) in [5, 5.41) is 1.29. The molecule has 2 aromatic carbocycles. The number of rotatable bonds is 4. The van der Waals surface area contributed by atoms with Gasteiger partial charge in [0.05, 0.1) is 6.04 Å². The maximum atomic E-state index is 12.2. The Balaban J connectivity index is 1.48. The quantitative estimate of drug-likeness (QED) is 0.531. The lowest BCUT2D eigenvalue weighted by Crippen LogP contribution is -2.19. The molecule has 142 valence electrons. The number of hydrogen-bond donors (Lipinski definition) is 2. The van der Waals surface area contributed by atoms with Crippen LogP contribution < -0.4 is 9.46 Å². The van der Waals surface area contributed by atoms with Gasteiger partial charge < -0.3 is 9.72 Å². The van der Waals surface area contributed by atoms with Gasteiger partial charge in [-0.2, -0.15) is 0 Å². The predicted octanol–water partition coefficient (Wildman–Crippen LogP) is 6.05. The first-order valence-corrected chi connectivity index (χ1v) is 9.60. The Kier molecular flexibility index (Phi) is 4.82. The number of hydrogen-bond acceptors (Lipinski definition) is 3. The van der Waals surface area contributed by atoms with Crippen LogP contribution in [0.1, 0.15) is 35.7 Å². The van der Waals surface area contributed by atoms with E-state index in [1.807, 2.05) is 0 Å². The normalized spacial score (nSPS) is 17.1. The number of aryl methyl sites for hydroxylation is 2. The van der Waals surface area contributed by atoms with E-state index in [-0.39, 0.29) is 11.8 Å². The lowest BCUT2D eigenvalue weighted by Gasteiger charge is -2.23. The SMILES string of the molecule is Cc1ccc2[nH]c3c(c2c1)CCCC3NSc1ccc(OC(F)(F)F)cc1. The Labute approximate surface area is 159 Å². The van der Waals surface area contributed by atoms with Crippen molar-refractivity contribution in [3.63, 3.8) is 0 Å². The standard InChI is InChI=1S/C20H19F3N2OS/c1-12-5-10-17-16(11-12)15-3-2-4-18(19(15)24-17)25-27-14-8-6-13(7-9-14)26-20(21,22)23/h5-11,18,24-25H,2-4H2,1H3. The fraction of sp³-hybridized carbons (Fsp3) is 0.300. The van der Waals surface area contributed by atoms with Crippen molar-refractivity contribution in [1.29, 1.82) is 0 Å². The third-order valence-electron chi connectivity index (χ3n) is 4.74. The smallest absolute Gasteiger partial charge is 0.406 e. The monoisotopic (exact) mass is 392 g/mol. The Morgan fingerprint density at radius 1 is 1.15 bits per heavy atom. The van der Waals surface area contributed by atoms with Gasteiger partial charge in [0.2, 0.25) is 0 Å². The number of H-pyrrole nitrogens is 1. The van der Waals surface area contributed by atoms with E-state index in [1.165, 1.54) is 46.3 Å². The van der Waals surface area contributed by atoms with Gasteiger partial charge >= 0.3 is 6.36 Å². The number of alkyl halides is 3. The van der Waals surface area contributed by atoms with E-state index in [1.54, 1.807) is 12.1 Å². The molecule has 0 spiro atoms. The maximum absolute atomic E-state index is 12.2. The van der Waals surface area contributed by atoms with Crippen LogP contribution in [0.2, 0.25) is 0 Å². The largest absolute Gasteiger partial charge is 0.573 e. The third-order valence-corrected chi connectivity index (χ3v) is 5.65. The third kappa shape index (κ3) is 4.09.